The highest BCUT2D eigenvalue weighted by atomic mass is 16.4. The number of carboxylic acid groups (broad SMARTS) is 1. The number of aliphatic imine (C=N–C) groups is 4. The van der Waals surface area contributed by atoms with E-state index in [4.69, 9.17) is 9.41 Å². The van der Waals surface area contributed by atoms with E-state index in [1.165, 1.54) is 6.07 Å². The lowest BCUT2D eigenvalue weighted by Crippen LogP contribution is -1.96. The van der Waals surface area contributed by atoms with Gasteiger partial charge < -0.3 is 9.52 Å². The fourth-order valence-corrected chi connectivity index (χ4v) is 3.69. The molecule has 6 rings (SSSR count). The molecule has 1 aromatic rings. The first-order chi connectivity index (χ1) is 15.6. The molecule has 0 saturated carbocycles. The first kappa shape index (κ1) is 18.1. The lowest BCUT2D eigenvalue weighted by Gasteiger charge is -1.99. The maximum atomic E-state index is 11.3. The Morgan fingerprint density at radius 3 is 1.78 bits per heavy atom. The second-order valence-electron chi connectivity index (χ2n) is 7.41. The maximum absolute atomic E-state index is 11.3. The third-order valence-electron chi connectivity index (χ3n) is 5.12. The molecule has 0 fully saturated rings. The summed E-state index contributed by atoms with van der Waals surface area (Å²) in [6.45, 7) is 0. The number of fused-ring (bicyclic) bond motifs is 4. The van der Waals surface area contributed by atoms with Crippen LogP contribution in [0.15, 0.2) is 126 Å². The Kier molecular flexibility index (Phi) is 3.94. The zero-order valence-corrected chi connectivity index (χ0v) is 16.6. The van der Waals surface area contributed by atoms with Gasteiger partial charge in [-0.2, -0.15) is 0 Å². The molecule has 0 saturated heterocycles. The van der Waals surface area contributed by atoms with E-state index in [2.05, 4.69) is 15.0 Å². The van der Waals surface area contributed by atoms with E-state index in [1.54, 1.807) is 6.07 Å². The third-order valence-corrected chi connectivity index (χ3v) is 5.12. The van der Waals surface area contributed by atoms with Crippen molar-refractivity contribution in [2.75, 3.05) is 0 Å². The van der Waals surface area contributed by atoms with Crippen molar-refractivity contribution in [1.82, 2.24) is 0 Å². The summed E-state index contributed by atoms with van der Waals surface area (Å²) in [5.74, 6) is -0.821. The zero-order chi connectivity index (χ0) is 21.7. The summed E-state index contributed by atoms with van der Waals surface area (Å²) in [4.78, 5) is 29.8. The van der Waals surface area contributed by atoms with Gasteiger partial charge in [0, 0.05) is 5.57 Å². The van der Waals surface area contributed by atoms with Crippen molar-refractivity contribution in [2.24, 2.45) is 20.0 Å². The lowest BCUT2D eigenvalue weighted by molar-refractivity contribution is 0.0662. The minimum atomic E-state index is -1.12. The maximum Gasteiger partial charge on any atom is 0.371 e. The molecule has 0 atom stereocenters. The predicted octanol–water partition coefficient (Wildman–Crippen LogP) is 4.40. The molecule has 1 aromatic heterocycles. The normalized spacial score (nSPS) is 20.2. The number of rotatable bonds is 2. The lowest BCUT2D eigenvalue weighted by atomic mass is 10.1. The number of furan rings is 1. The van der Waals surface area contributed by atoms with E-state index >= 15 is 0 Å². The van der Waals surface area contributed by atoms with E-state index < -0.39 is 5.97 Å². The molecule has 32 heavy (non-hydrogen) atoms. The van der Waals surface area contributed by atoms with Gasteiger partial charge in [-0.1, -0.05) is 0 Å². The second kappa shape index (κ2) is 6.95. The second-order valence-corrected chi connectivity index (χ2v) is 7.41. The molecule has 7 heteroatoms. The van der Waals surface area contributed by atoms with Gasteiger partial charge >= 0.3 is 5.97 Å². The van der Waals surface area contributed by atoms with Crippen LogP contribution in [-0.2, 0) is 0 Å². The summed E-state index contributed by atoms with van der Waals surface area (Å²) in [5.41, 5.74) is 6.72. The average molecular weight is 418 g/mol. The highest BCUT2D eigenvalue weighted by molar-refractivity contribution is 6.32. The number of hydrogen-bond donors (Lipinski definition) is 1. The number of allylic oxidation sites excluding steroid dienone is 12. The molecule has 6 heterocycles. The number of hydrogen-bond acceptors (Lipinski definition) is 6. The number of carbonyl (C=O) groups is 1. The Labute approximate surface area is 182 Å². The van der Waals surface area contributed by atoms with Crippen LogP contribution in [0, 0.1) is 0 Å². The van der Waals surface area contributed by atoms with E-state index in [0.717, 1.165) is 34.2 Å². The standard InChI is InChI=1S/C25H14N4O3/c30-25(31)24-8-7-23(32-24)21-12-20-11-18-4-3-16(27-18)9-14-1-2-15(26-14)10-17-5-6-19(28-17)13-22(21)29-20/h1-13H,(H,30,31). The Morgan fingerprint density at radius 1 is 0.656 bits per heavy atom. The molecule has 0 aromatic carbocycles. The number of nitrogens with zero attached hydrogens (tertiary/aromatic N) is 4. The van der Waals surface area contributed by atoms with Crippen LogP contribution in [0.5, 0.6) is 0 Å². The first-order valence-corrected chi connectivity index (χ1v) is 9.90. The van der Waals surface area contributed by atoms with Crippen molar-refractivity contribution < 1.29 is 14.3 Å². The van der Waals surface area contributed by atoms with Crippen LogP contribution in [0.1, 0.15) is 16.3 Å². The molecule has 0 radical (unpaired) electrons. The number of carboxylic acids is 1. The van der Waals surface area contributed by atoms with Crippen LogP contribution in [-0.4, -0.2) is 33.9 Å². The van der Waals surface area contributed by atoms with Crippen molar-refractivity contribution in [3.63, 3.8) is 0 Å². The topological polar surface area (TPSA) is 99.9 Å². The Balaban J connectivity index is 1.49. The summed E-state index contributed by atoms with van der Waals surface area (Å²) in [5, 5.41) is 9.21. The molecule has 5 aliphatic rings. The van der Waals surface area contributed by atoms with Crippen molar-refractivity contribution in [3.8, 4) is 0 Å². The van der Waals surface area contributed by atoms with Crippen LogP contribution in [0.2, 0.25) is 0 Å². The Hall–Kier alpha value is -4.65. The SMILES string of the molecule is O=C(O)c1ccc(C2=CC3=CC4=NC(=CC5=NC(=CC6=NC(=CC2=N3)C=C6)C=C5)C=C4)o1. The zero-order valence-electron chi connectivity index (χ0n) is 16.6. The Bertz CT molecular complexity index is 1470. The molecular formula is C25H14N4O3. The summed E-state index contributed by atoms with van der Waals surface area (Å²) in [7, 11) is 0. The number of aromatic carboxylic acids is 1. The van der Waals surface area contributed by atoms with E-state index in [0.29, 0.717) is 22.7 Å². The molecule has 8 bridgehead atoms. The van der Waals surface area contributed by atoms with Crippen molar-refractivity contribution >= 4 is 34.4 Å². The molecular weight excluding hydrogens is 404 g/mol. The summed E-state index contributed by atoms with van der Waals surface area (Å²) in [6, 6.07) is 3.07. The highest BCUT2D eigenvalue weighted by Gasteiger charge is 2.21. The monoisotopic (exact) mass is 418 g/mol. The smallest absolute Gasteiger partial charge is 0.371 e. The molecule has 0 spiro atoms. The minimum absolute atomic E-state index is 0.126. The van der Waals surface area contributed by atoms with Crippen molar-refractivity contribution in [2.45, 2.75) is 0 Å². The van der Waals surface area contributed by atoms with E-state index in [9.17, 15) is 9.90 Å². The van der Waals surface area contributed by atoms with E-state index in [-0.39, 0.29) is 5.76 Å². The molecule has 1 N–H and O–H groups in total. The summed E-state index contributed by atoms with van der Waals surface area (Å²) < 4.78 is 5.53. The van der Waals surface area contributed by atoms with Crippen molar-refractivity contribution in [1.29, 1.82) is 0 Å². The molecule has 0 amide bonds. The van der Waals surface area contributed by atoms with Gasteiger partial charge in [-0.15, -0.1) is 0 Å². The predicted molar refractivity (Wildman–Crippen MR) is 123 cm³/mol. The van der Waals surface area contributed by atoms with Crippen LogP contribution in [0.4, 0.5) is 0 Å². The van der Waals surface area contributed by atoms with Gasteiger partial charge in [0.05, 0.1) is 45.6 Å². The first-order valence-electron chi connectivity index (χ1n) is 9.90. The van der Waals surface area contributed by atoms with Gasteiger partial charge in [0.1, 0.15) is 5.76 Å². The van der Waals surface area contributed by atoms with Gasteiger partial charge in [-0.3, -0.25) is 0 Å². The molecule has 0 unspecified atom stereocenters. The molecule has 0 aliphatic carbocycles. The molecule has 152 valence electrons. The third kappa shape index (κ3) is 3.31. The molecule has 5 aliphatic heterocycles. The fourth-order valence-electron chi connectivity index (χ4n) is 3.69. The van der Waals surface area contributed by atoms with Gasteiger partial charge in [0.15, 0.2) is 0 Å². The van der Waals surface area contributed by atoms with Gasteiger partial charge in [0.2, 0.25) is 5.76 Å². The Morgan fingerprint density at radius 2 is 1.22 bits per heavy atom. The van der Waals surface area contributed by atoms with Crippen LogP contribution < -0.4 is 0 Å². The summed E-state index contributed by atoms with van der Waals surface area (Å²) in [6.07, 6.45) is 20.9. The largest absolute Gasteiger partial charge is 0.475 e. The van der Waals surface area contributed by atoms with Crippen LogP contribution >= 0.6 is 0 Å². The van der Waals surface area contributed by atoms with Gasteiger partial charge in [0.25, 0.3) is 0 Å². The highest BCUT2D eigenvalue weighted by Crippen LogP contribution is 2.30. The van der Waals surface area contributed by atoms with E-state index in [1.807, 2.05) is 66.8 Å². The fraction of sp³-hybridized carbons (Fsp3) is 0. The summed E-state index contributed by atoms with van der Waals surface area (Å²) >= 11 is 0. The molecule has 7 nitrogen and oxygen atoms in total. The van der Waals surface area contributed by atoms with Crippen LogP contribution in [0.3, 0.4) is 0 Å². The quantitative estimate of drug-likeness (QED) is 0.770. The van der Waals surface area contributed by atoms with Gasteiger partial charge in [-0.25, -0.2) is 24.8 Å². The van der Waals surface area contributed by atoms with Crippen molar-refractivity contribution in [3.05, 3.63) is 113 Å². The van der Waals surface area contributed by atoms with Gasteiger partial charge in [-0.05, 0) is 79.0 Å². The van der Waals surface area contributed by atoms with Crippen LogP contribution in [0.25, 0.3) is 5.57 Å². The average Bonchev–Trinajstić information content (AvgIpc) is 3.56. The minimum Gasteiger partial charge on any atom is -0.475 e.